The number of hydrogen-bond acceptors (Lipinski definition) is 5. The number of rotatable bonds is 6. The van der Waals surface area contributed by atoms with Crippen molar-refractivity contribution in [2.45, 2.75) is 6.42 Å². The van der Waals surface area contributed by atoms with Crippen molar-refractivity contribution in [3.05, 3.63) is 71.6 Å². The predicted octanol–water partition coefficient (Wildman–Crippen LogP) is 3.59. The van der Waals surface area contributed by atoms with Gasteiger partial charge in [-0.3, -0.25) is 19.7 Å². The Morgan fingerprint density at radius 1 is 0.920 bits per heavy atom. The van der Waals surface area contributed by atoms with Crippen LogP contribution in [0, 0.1) is 0 Å². The van der Waals surface area contributed by atoms with E-state index in [-0.39, 0.29) is 5.78 Å². The quantitative estimate of drug-likeness (QED) is 0.419. The molecule has 1 amide bonds. The summed E-state index contributed by atoms with van der Waals surface area (Å²) < 4.78 is 0. The zero-order chi connectivity index (χ0) is 17.6. The van der Waals surface area contributed by atoms with Gasteiger partial charge in [0.15, 0.2) is 10.9 Å². The van der Waals surface area contributed by atoms with Crippen LogP contribution in [-0.2, 0) is 9.59 Å². The second kappa shape index (κ2) is 7.63. The second-order valence-electron chi connectivity index (χ2n) is 5.25. The lowest BCUT2D eigenvalue weighted by molar-refractivity contribution is -0.134. The molecule has 0 saturated heterocycles. The Labute approximate surface area is 148 Å². The van der Waals surface area contributed by atoms with E-state index in [9.17, 15) is 14.4 Å². The van der Waals surface area contributed by atoms with Crippen LogP contribution in [0.4, 0.5) is 5.13 Å². The smallest absolute Gasteiger partial charge is 0.294 e. The number of aromatic nitrogens is 1. The van der Waals surface area contributed by atoms with Crippen molar-refractivity contribution in [1.29, 1.82) is 0 Å². The summed E-state index contributed by atoms with van der Waals surface area (Å²) >= 11 is 1.23. The van der Waals surface area contributed by atoms with Crippen molar-refractivity contribution < 1.29 is 14.4 Å². The van der Waals surface area contributed by atoms with Crippen LogP contribution >= 0.6 is 11.3 Å². The van der Waals surface area contributed by atoms with Crippen molar-refractivity contribution in [2.75, 3.05) is 5.32 Å². The zero-order valence-corrected chi connectivity index (χ0v) is 14.0. The first kappa shape index (κ1) is 16.7. The number of carbonyl (C=O) groups excluding carboxylic acids is 3. The van der Waals surface area contributed by atoms with Crippen LogP contribution in [-0.4, -0.2) is 22.5 Å². The molecule has 1 heterocycles. The predicted molar refractivity (Wildman–Crippen MR) is 96.6 cm³/mol. The molecule has 2 aromatic carbocycles. The van der Waals surface area contributed by atoms with Crippen LogP contribution in [0.2, 0.25) is 0 Å². The topological polar surface area (TPSA) is 76.1 Å². The fourth-order valence-electron chi connectivity index (χ4n) is 2.19. The van der Waals surface area contributed by atoms with Gasteiger partial charge in [0.2, 0.25) is 5.78 Å². The molecule has 1 aromatic heterocycles. The second-order valence-corrected chi connectivity index (χ2v) is 6.11. The Morgan fingerprint density at radius 2 is 1.56 bits per heavy atom. The lowest BCUT2D eigenvalue weighted by atomic mass is 10.1. The van der Waals surface area contributed by atoms with E-state index in [0.717, 1.165) is 5.56 Å². The summed E-state index contributed by atoms with van der Waals surface area (Å²) in [5.74, 6) is -2.01. The molecule has 124 valence electrons. The van der Waals surface area contributed by atoms with E-state index in [0.29, 0.717) is 16.4 Å². The summed E-state index contributed by atoms with van der Waals surface area (Å²) in [5, 5.41) is 4.58. The lowest BCUT2D eigenvalue weighted by Crippen LogP contribution is -2.25. The van der Waals surface area contributed by atoms with Gasteiger partial charge in [0.25, 0.3) is 5.91 Å². The van der Waals surface area contributed by atoms with Gasteiger partial charge in [-0.2, -0.15) is 0 Å². The Hall–Kier alpha value is -3.12. The highest BCUT2D eigenvalue weighted by Gasteiger charge is 2.20. The SMILES string of the molecule is O=C(CC(=O)c1ccccc1)C(=O)Nc1nc(-c2ccccc2)cs1. The van der Waals surface area contributed by atoms with Crippen LogP contribution in [0.25, 0.3) is 11.3 Å². The summed E-state index contributed by atoms with van der Waals surface area (Å²) in [4.78, 5) is 40.2. The van der Waals surface area contributed by atoms with Crippen molar-refractivity contribution in [2.24, 2.45) is 0 Å². The summed E-state index contributed by atoms with van der Waals surface area (Å²) in [6.07, 6.45) is -0.466. The minimum Gasteiger partial charge on any atom is -0.295 e. The number of thiazole rings is 1. The number of benzene rings is 2. The van der Waals surface area contributed by atoms with Crippen molar-refractivity contribution in [3.8, 4) is 11.3 Å². The number of hydrogen-bond donors (Lipinski definition) is 1. The van der Waals surface area contributed by atoms with Gasteiger partial charge in [0, 0.05) is 16.5 Å². The number of nitrogens with zero attached hydrogens (tertiary/aromatic N) is 1. The highest BCUT2D eigenvalue weighted by atomic mass is 32.1. The molecule has 0 aliphatic heterocycles. The van der Waals surface area contributed by atoms with Gasteiger partial charge in [0.05, 0.1) is 12.1 Å². The molecule has 3 aromatic rings. The Morgan fingerprint density at radius 3 is 2.24 bits per heavy atom. The number of ketones is 2. The average molecular weight is 350 g/mol. The van der Waals surface area contributed by atoms with Gasteiger partial charge >= 0.3 is 0 Å². The highest BCUT2D eigenvalue weighted by Crippen LogP contribution is 2.24. The van der Waals surface area contributed by atoms with Crippen LogP contribution in [0.3, 0.4) is 0 Å². The number of anilines is 1. The van der Waals surface area contributed by atoms with Gasteiger partial charge in [-0.15, -0.1) is 11.3 Å². The third-order valence-corrected chi connectivity index (χ3v) is 4.22. The molecule has 0 radical (unpaired) electrons. The number of amides is 1. The molecule has 0 atom stereocenters. The molecule has 0 aliphatic rings. The van der Waals surface area contributed by atoms with E-state index in [1.54, 1.807) is 35.7 Å². The molecule has 0 saturated carbocycles. The average Bonchev–Trinajstić information content (AvgIpc) is 3.11. The normalized spacial score (nSPS) is 10.2. The lowest BCUT2D eigenvalue weighted by Gasteiger charge is -2.01. The highest BCUT2D eigenvalue weighted by molar-refractivity contribution is 7.14. The number of carbonyl (C=O) groups is 3. The Kier molecular flexibility index (Phi) is 5.11. The zero-order valence-electron chi connectivity index (χ0n) is 13.1. The first-order valence-electron chi connectivity index (χ1n) is 7.57. The summed E-state index contributed by atoms with van der Waals surface area (Å²) in [6.45, 7) is 0. The van der Waals surface area contributed by atoms with Gasteiger partial charge in [0.1, 0.15) is 0 Å². The van der Waals surface area contributed by atoms with E-state index in [1.807, 2.05) is 30.3 Å². The van der Waals surface area contributed by atoms with Crippen molar-refractivity contribution in [3.63, 3.8) is 0 Å². The van der Waals surface area contributed by atoms with Crippen LogP contribution < -0.4 is 5.32 Å². The first-order valence-corrected chi connectivity index (χ1v) is 8.45. The van der Waals surface area contributed by atoms with E-state index in [1.165, 1.54) is 11.3 Å². The van der Waals surface area contributed by atoms with E-state index in [2.05, 4.69) is 10.3 Å². The van der Waals surface area contributed by atoms with Crippen LogP contribution in [0.5, 0.6) is 0 Å². The number of Topliss-reactive ketones (excluding diaryl/α,β-unsaturated/α-hetero) is 2. The summed E-state index contributed by atoms with van der Waals surface area (Å²) in [7, 11) is 0. The fourth-order valence-corrected chi connectivity index (χ4v) is 2.91. The monoisotopic (exact) mass is 350 g/mol. The van der Waals surface area contributed by atoms with E-state index in [4.69, 9.17) is 0 Å². The third-order valence-electron chi connectivity index (χ3n) is 3.46. The van der Waals surface area contributed by atoms with Gasteiger partial charge < -0.3 is 0 Å². The minimum atomic E-state index is -0.835. The minimum absolute atomic E-state index is 0.323. The standard InChI is InChI=1S/C19H14N2O3S/c22-16(14-9-5-2-6-10-14)11-17(23)18(24)21-19-20-15(12-25-19)13-7-3-1-4-8-13/h1-10,12H,11H2,(H,20,21,24). The Balaban J connectivity index is 1.61. The van der Waals surface area contributed by atoms with Crippen molar-refractivity contribution in [1.82, 2.24) is 4.98 Å². The molecule has 25 heavy (non-hydrogen) atoms. The van der Waals surface area contributed by atoms with Gasteiger partial charge in [-0.1, -0.05) is 60.7 Å². The molecule has 5 nitrogen and oxygen atoms in total. The van der Waals surface area contributed by atoms with Crippen LogP contribution in [0.1, 0.15) is 16.8 Å². The molecule has 0 bridgehead atoms. The largest absolute Gasteiger partial charge is 0.295 e. The molecule has 0 unspecified atom stereocenters. The maximum Gasteiger partial charge on any atom is 0.294 e. The molecular formula is C19H14N2O3S. The third kappa shape index (κ3) is 4.24. The molecule has 0 fully saturated rings. The van der Waals surface area contributed by atoms with E-state index < -0.39 is 18.1 Å². The summed E-state index contributed by atoms with van der Waals surface area (Å²) in [6, 6.07) is 17.9. The molecule has 0 aliphatic carbocycles. The summed E-state index contributed by atoms with van der Waals surface area (Å²) in [5.41, 5.74) is 2.04. The maximum atomic E-state index is 12.0. The van der Waals surface area contributed by atoms with E-state index >= 15 is 0 Å². The maximum absolute atomic E-state index is 12.0. The first-order chi connectivity index (χ1) is 12.1. The molecule has 3 rings (SSSR count). The molecule has 0 spiro atoms. The number of nitrogens with one attached hydrogen (secondary N) is 1. The fraction of sp³-hybridized carbons (Fsp3) is 0.0526. The molecule has 1 N–H and O–H groups in total. The molecule has 6 heteroatoms. The Bertz CT molecular complexity index is 905. The van der Waals surface area contributed by atoms with Crippen molar-refractivity contribution >= 4 is 33.9 Å². The van der Waals surface area contributed by atoms with Gasteiger partial charge in [-0.05, 0) is 0 Å². The molecular weight excluding hydrogens is 336 g/mol. The van der Waals surface area contributed by atoms with Gasteiger partial charge in [-0.25, -0.2) is 4.98 Å². The van der Waals surface area contributed by atoms with Crippen LogP contribution in [0.15, 0.2) is 66.0 Å².